The number of aryl methyl sites for hydroxylation is 2. The number of H-pyrrole nitrogens is 1. The standard InChI is InChI=1S/C21H21ClN8O/c1-12-9-18(25-19-10-13(2)27-28-19)26-21(24-12)30-8-4-6-16(30)17-11-15(29-31-17)14-5-3-7-23-20(14)22/h3,5,7,9-11,16H,4,6,8H2,1-2H3,(H2,24,25,26,27,28)/t16-/m0/s1. The first-order valence-electron chi connectivity index (χ1n) is 10.1. The molecule has 0 amide bonds. The van der Waals surface area contributed by atoms with Crippen molar-refractivity contribution < 1.29 is 4.52 Å². The Kier molecular flexibility index (Phi) is 5.03. The van der Waals surface area contributed by atoms with Gasteiger partial charge in [0.15, 0.2) is 11.6 Å². The summed E-state index contributed by atoms with van der Waals surface area (Å²) in [6.07, 6.45) is 3.58. The molecule has 5 heterocycles. The number of aromatic amines is 1. The van der Waals surface area contributed by atoms with Gasteiger partial charge in [-0.2, -0.15) is 10.1 Å². The Morgan fingerprint density at radius 1 is 1.19 bits per heavy atom. The first kappa shape index (κ1) is 19.5. The van der Waals surface area contributed by atoms with E-state index in [-0.39, 0.29) is 6.04 Å². The lowest BCUT2D eigenvalue weighted by atomic mass is 10.1. The van der Waals surface area contributed by atoms with Crippen molar-refractivity contribution in [3.63, 3.8) is 0 Å². The molecule has 0 unspecified atom stereocenters. The van der Waals surface area contributed by atoms with Crippen LogP contribution in [0.5, 0.6) is 0 Å². The zero-order valence-corrected chi connectivity index (χ0v) is 17.9. The summed E-state index contributed by atoms with van der Waals surface area (Å²) in [6.45, 7) is 4.74. The summed E-state index contributed by atoms with van der Waals surface area (Å²) in [5.41, 5.74) is 3.26. The second kappa shape index (κ2) is 7.99. The molecule has 4 aromatic rings. The van der Waals surface area contributed by atoms with Crippen LogP contribution in [0.1, 0.15) is 36.0 Å². The highest BCUT2D eigenvalue weighted by Crippen LogP contribution is 2.37. The second-order valence-corrected chi connectivity index (χ2v) is 7.92. The van der Waals surface area contributed by atoms with E-state index in [2.05, 4.69) is 35.5 Å². The number of hydrogen-bond acceptors (Lipinski definition) is 8. The van der Waals surface area contributed by atoms with Crippen LogP contribution in [0.3, 0.4) is 0 Å². The number of nitrogens with one attached hydrogen (secondary N) is 2. The van der Waals surface area contributed by atoms with Crippen molar-refractivity contribution in [1.29, 1.82) is 0 Å². The summed E-state index contributed by atoms with van der Waals surface area (Å²) in [7, 11) is 0. The monoisotopic (exact) mass is 436 g/mol. The summed E-state index contributed by atoms with van der Waals surface area (Å²) in [5.74, 6) is 2.82. The van der Waals surface area contributed by atoms with Crippen LogP contribution in [0.4, 0.5) is 17.6 Å². The predicted molar refractivity (Wildman–Crippen MR) is 117 cm³/mol. The lowest BCUT2D eigenvalue weighted by molar-refractivity contribution is 0.362. The van der Waals surface area contributed by atoms with Crippen LogP contribution >= 0.6 is 11.6 Å². The van der Waals surface area contributed by atoms with E-state index in [1.54, 1.807) is 6.20 Å². The zero-order chi connectivity index (χ0) is 21.4. The van der Waals surface area contributed by atoms with E-state index in [0.717, 1.165) is 42.1 Å². The molecule has 0 spiro atoms. The number of aromatic nitrogens is 6. The predicted octanol–water partition coefficient (Wildman–Crippen LogP) is 4.61. The molecule has 1 atom stereocenters. The normalized spacial score (nSPS) is 16.1. The fourth-order valence-electron chi connectivity index (χ4n) is 3.81. The molecule has 2 N–H and O–H groups in total. The molecule has 0 bridgehead atoms. The highest BCUT2D eigenvalue weighted by atomic mass is 35.5. The zero-order valence-electron chi connectivity index (χ0n) is 17.1. The number of nitrogens with zero attached hydrogens (tertiary/aromatic N) is 6. The van der Waals surface area contributed by atoms with Gasteiger partial charge in [0, 0.05) is 47.9 Å². The Bertz CT molecular complexity index is 1220. The van der Waals surface area contributed by atoms with Crippen molar-refractivity contribution >= 4 is 29.2 Å². The van der Waals surface area contributed by atoms with Crippen LogP contribution in [-0.2, 0) is 0 Å². The maximum Gasteiger partial charge on any atom is 0.228 e. The number of pyridine rings is 1. The van der Waals surface area contributed by atoms with Crippen LogP contribution in [0.2, 0.25) is 5.15 Å². The van der Waals surface area contributed by atoms with Crippen molar-refractivity contribution in [3.8, 4) is 11.3 Å². The first-order valence-corrected chi connectivity index (χ1v) is 10.4. The van der Waals surface area contributed by atoms with Crippen molar-refractivity contribution in [1.82, 2.24) is 30.3 Å². The van der Waals surface area contributed by atoms with Gasteiger partial charge >= 0.3 is 0 Å². The average molecular weight is 437 g/mol. The molecule has 4 aromatic heterocycles. The van der Waals surface area contributed by atoms with Crippen molar-refractivity contribution in [2.24, 2.45) is 0 Å². The molecular formula is C21H21ClN8O. The molecule has 1 aliphatic rings. The van der Waals surface area contributed by atoms with E-state index in [4.69, 9.17) is 21.1 Å². The van der Waals surface area contributed by atoms with E-state index in [1.807, 2.05) is 44.2 Å². The third-order valence-electron chi connectivity index (χ3n) is 5.21. The number of rotatable bonds is 5. The maximum atomic E-state index is 6.22. The van der Waals surface area contributed by atoms with Gasteiger partial charge < -0.3 is 14.7 Å². The van der Waals surface area contributed by atoms with Gasteiger partial charge in [-0.05, 0) is 38.8 Å². The minimum Gasteiger partial charge on any atom is -0.359 e. The quantitative estimate of drug-likeness (QED) is 0.437. The van der Waals surface area contributed by atoms with Gasteiger partial charge in [0.1, 0.15) is 16.7 Å². The molecule has 0 aromatic carbocycles. The lowest BCUT2D eigenvalue weighted by Crippen LogP contribution is -2.25. The summed E-state index contributed by atoms with van der Waals surface area (Å²) in [4.78, 5) is 15.7. The highest BCUT2D eigenvalue weighted by Gasteiger charge is 2.32. The van der Waals surface area contributed by atoms with Crippen molar-refractivity contribution in [2.45, 2.75) is 32.7 Å². The lowest BCUT2D eigenvalue weighted by Gasteiger charge is -2.23. The number of anilines is 3. The van der Waals surface area contributed by atoms with Gasteiger partial charge in [-0.25, -0.2) is 9.97 Å². The molecule has 1 saturated heterocycles. The van der Waals surface area contributed by atoms with Gasteiger partial charge in [0.2, 0.25) is 5.95 Å². The molecule has 10 heteroatoms. The van der Waals surface area contributed by atoms with Crippen molar-refractivity contribution in [3.05, 3.63) is 58.8 Å². The highest BCUT2D eigenvalue weighted by molar-refractivity contribution is 6.32. The summed E-state index contributed by atoms with van der Waals surface area (Å²) < 4.78 is 5.71. The van der Waals surface area contributed by atoms with E-state index < -0.39 is 0 Å². The molecule has 1 fully saturated rings. The summed E-state index contributed by atoms with van der Waals surface area (Å²) in [6, 6.07) is 9.45. The topological polar surface area (TPSA) is 109 Å². The van der Waals surface area contributed by atoms with Gasteiger partial charge in [0.05, 0.1) is 6.04 Å². The smallest absolute Gasteiger partial charge is 0.228 e. The second-order valence-electron chi connectivity index (χ2n) is 7.56. The maximum absolute atomic E-state index is 6.22. The van der Waals surface area contributed by atoms with Gasteiger partial charge in [0.25, 0.3) is 0 Å². The van der Waals surface area contributed by atoms with E-state index in [0.29, 0.717) is 28.4 Å². The molecule has 1 aliphatic heterocycles. The molecular weight excluding hydrogens is 416 g/mol. The Morgan fingerprint density at radius 2 is 2.10 bits per heavy atom. The average Bonchev–Trinajstić information content (AvgIpc) is 3.48. The van der Waals surface area contributed by atoms with E-state index in [9.17, 15) is 0 Å². The summed E-state index contributed by atoms with van der Waals surface area (Å²) >= 11 is 6.22. The van der Waals surface area contributed by atoms with Crippen LogP contribution in [-0.4, -0.2) is 36.9 Å². The molecule has 158 valence electrons. The number of halogens is 1. The fourth-order valence-corrected chi connectivity index (χ4v) is 4.03. The van der Waals surface area contributed by atoms with Crippen LogP contribution in [0, 0.1) is 13.8 Å². The van der Waals surface area contributed by atoms with Crippen LogP contribution in [0.25, 0.3) is 11.3 Å². The van der Waals surface area contributed by atoms with Gasteiger partial charge in [-0.1, -0.05) is 16.8 Å². The van der Waals surface area contributed by atoms with Crippen LogP contribution in [0.15, 0.2) is 41.1 Å². The third kappa shape index (κ3) is 3.96. The van der Waals surface area contributed by atoms with E-state index >= 15 is 0 Å². The van der Waals surface area contributed by atoms with Crippen LogP contribution < -0.4 is 10.2 Å². The van der Waals surface area contributed by atoms with Crippen molar-refractivity contribution in [2.75, 3.05) is 16.8 Å². The molecule has 5 rings (SSSR count). The molecule has 0 saturated carbocycles. The summed E-state index contributed by atoms with van der Waals surface area (Å²) in [5, 5.41) is 15.0. The third-order valence-corrected chi connectivity index (χ3v) is 5.51. The molecule has 9 nitrogen and oxygen atoms in total. The van der Waals surface area contributed by atoms with Gasteiger partial charge in [-0.3, -0.25) is 5.10 Å². The Morgan fingerprint density at radius 3 is 2.90 bits per heavy atom. The molecule has 0 radical (unpaired) electrons. The Labute approximate surface area is 183 Å². The first-order chi connectivity index (χ1) is 15.1. The minimum absolute atomic E-state index is 0.000949. The number of hydrogen-bond donors (Lipinski definition) is 2. The SMILES string of the molecule is Cc1cc(Nc2cc(C)[nH]n2)nc(N2CCC[C@H]2c2cc(-c3cccnc3Cl)no2)n1. The Balaban J connectivity index is 1.42. The van der Waals surface area contributed by atoms with E-state index in [1.165, 1.54) is 0 Å². The Hall–Kier alpha value is -3.46. The molecule has 0 aliphatic carbocycles. The largest absolute Gasteiger partial charge is 0.359 e. The molecule has 31 heavy (non-hydrogen) atoms. The minimum atomic E-state index is -0.000949. The van der Waals surface area contributed by atoms with Gasteiger partial charge in [-0.15, -0.1) is 0 Å². The fraction of sp³-hybridized carbons (Fsp3) is 0.286.